The summed E-state index contributed by atoms with van der Waals surface area (Å²) in [6, 6.07) is 0. The smallest absolute Gasteiger partial charge is 0.153 e. The van der Waals surface area contributed by atoms with Gasteiger partial charge in [0.05, 0.1) is 6.61 Å². The summed E-state index contributed by atoms with van der Waals surface area (Å²) >= 11 is 0. The lowest BCUT2D eigenvalue weighted by Gasteiger charge is -2.04. The third-order valence-corrected chi connectivity index (χ3v) is 2.52. The van der Waals surface area contributed by atoms with Crippen molar-refractivity contribution in [1.29, 1.82) is 0 Å². The number of allylic oxidation sites excluding steroid dienone is 1. The highest BCUT2D eigenvalue weighted by molar-refractivity contribution is 5.57. The Kier molecular flexibility index (Phi) is 6.50. The molecule has 1 aromatic rings. The first-order chi connectivity index (χ1) is 8.29. The summed E-state index contributed by atoms with van der Waals surface area (Å²) < 4.78 is 6.87. The maximum absolute atomic E-state index is 4.96. The van der Waals surface area contributed by atoms with Crippen molar-refractivity contribution < 1.29 is 4.74 Å². The predicted octanol–water partition coefficient (Wildman–Crippen LogP) is 1.33. The molecule has 0 aliphatic carbocycles. The van der Waals surface area contributed by atoms with Crippen LogP contribution in [-0.2, 0) is 11.3 Å². The number of aryl methyl sites for hydroxylation is 1. The standard InChI is InChI=1S/C12H22N4O/c1-4-16-12(14-10-15-16)11(2)6-5-7-13-8-9-17-3/h6,10,13H,4-5,7-9H2,1-3H3. The summed E-state index contributed by atoms with van der Waals surface area (Å²) in [5.74, 6) is 0.962. The largest absolute Gasteiger partial charge is 0.383 e. The van der Waals surface area contributed by atoms with Crippen LogP contribution in [0.4, 0.5) is 0 Å². The molecule has 0 fully saturated rings. The fourth-order valence-electron chi connectivity index (χ4n) is 1.58. The van der Waals surface area contributed by atoms with Crippen molar-refractivity contribution in [2.24, 2.45) is 0 Å². The van der Waals surface area contributed by atoms with Gasteiger partial charge in [0.2, 0.25) is 0 Å². The molecule has 1 rings (SSSR count). The summed E-state index contributed by atoms with van der Waals surface area (Å²) in [5.41, 5.74) is 1.18. The minimum Gasteiger partial charge on any atom is -0.383 e. The molecule has 0 saturated carbocycles. The molecule has 17 heavy (non-hydrogen) atoms. The Morgan fingerprint density at radius 1 is 1.53 bits per heavy atom. The van der Waals surface area contributed by atoms with E-state index in [1.807, 2.05) is 4.68 Å². The maximum atomic E-state index is 4.96. The van der Waals surface area contributed by atoms with Crippen molar-refractivity contribution in [3.8, 4) is 0 Å². The second kappa shape index (κ2) is 7.97. The van der Waals surface area contributed by atoms with Gasteiger partial charge in [0.15, 0.2) is 5.82 Å². The molecule has 0 aliphatic heterocycles. The molecule has 0 aliphatic rings. The third kappa shape index (κ3) is 4.66. The molecule has 0 atom stereocenters. The van der Waals surface area contributed by atoms with Crippen molar-refractivity contribution in [3.63, 3.8) is 0 Å². The molecule has 5 heteroatoms. The molecule has 5 nitrogen and oxygen atoms in total. The Labute approximate surface area is 103 Å². The molecule has 96 valence electrons. The first-order valence-electron chi connectivity index (χ1n) is 6.04. The minimum atomic E-state index is 0.757. The normalized spacial score (nSPS) is 12.1. The first kappa shape index (κ1) is 13.9. The van der Waals surface area contributed by atoms with E-state index in [2.05, 4.69) is 35.3 Å². The van der Waals surface area contributed by atoms with E-state index >= 15 is 0 Å². The summed E-state index contributed by atoms with van der Waals surface area (Å²) in [5, 5.41) is 7.46. The zero-order valence-corrected chi connectivity index (χ0v) is 10.9. The van der Waals surface area contributed by atoms with Crippen LogP contribution in [0.3, 0.4) is 0 Å². The van der Waals surface area contributed by atoms with Gasteiger partial charge in [-0.3, -0.25) is 0 Å². The van der Waals surface area contributed by atoms with Gasteiger partial charge in [-0.15, -0.1) is 0 Å². The molecular weight excluding hydrogens is 216 g/mol. The van der Waals surface area contributed by atoms with E-state index in [0.717, 1.165) is 38.5 Å². The quantitative estimate of drug-likeness (QED) is 0.694. The van der Waals surface area contributed by atoms with E-state index < -0.39 is 0 Å². The lowest BCUT2D eigenvalue weighted by Crippen LogP contribution is -2.19. The molecule has 1 N–H and O–H groups in total. The Morgan fingerprint density at radius 2 is 2.35 bits per heavy atom. The third-order valence-electron chi connectivity index (χ3n) is 2.52. The Bertz CT molecular complexity index is 346. The van der Waals surface area contributed by atoms with Crippen LogP contribution in [0.2, 0.25) is 0 Å². The molecule has 0 unspecified atom stereocenters. The van der Waals surface area contributed by atoms with Gasteiger partial charge < -0.3 is 10.1 Å². The van der Waals surface area contributed by atoms with Crippen molar-refractivity contribution in [2.75, 3.05) is 26.8 Å². The van der Waals surface area contributed by atoms with Crippen LogP contribution in [-0.4, -0.2) is 41.6 Å². The van der Waals surface area contributed by atoms with Crippen molar-refractivity contribution in [1.82, 2.24) is 20.1 Å². The number of hydrogen-bond donors (Lipinski definition) is 1. The van der Waals surface area contributed by atoms with E-state index in [0.29, 0.717) is 0 Å². The van der Waals surface area contributed by atoms with Crippen LogP contribution in [0.1, 0.15) is 26.1 Å². The number of nitrogens with zero attached hydrogens (tertiary/aromatic N) is 3. The Hall–Kier alpha value is -1.20. The topological polar surface area (TPSA) is 52.0 Å². The van der Waals surface area contributed by atoms with Crippen LogP contribution < -0.4 is 5.32 Å². The van der Waals surface area contributed by atoms with Gasteiger partial charge >= 0.3 is 0 Å². The van der Waals surface area contributed by atoms with Gasteiger partial charge in [-0.05, 0) is 32.4 Å². The zero-order chi connectivity index (χ0) is 12.5. The van der Waals surface area contributed by atoms with Crippen LogP contribution in [0, 0.1) is 0 Å². The van der Waals surface area contributed by atoms with E-state index in [1.165, 1.54) is 5.57 Å². The molecular formula is C12H22N4O. The second-order valence-electron chi connectivity index (χ2n) is 3.82. The molecule has 1 aromatic heterocycles. The van der Waals surface area contributed by atoms with E-state index in [9.17, 15) is 0 Å². The molecule has 0 aromatic carbocycles. The maximum Gasteiger partial charge on any atom is 0.153 e. The second-order valence-corrected chi connectivity index (χ2v) is 3.82. The average molecular weight is 238 g/mol. The van der Waals surface area contributed by atoms with E-state index in [-0.39, 0.29) is 0 Å². The van der Waals surface area contributed by atoms with Crippen LogP contribution in [0.25, 0.3) is 5.57 Å². The van der Waals surface area contributed by atoms with Gasteiger partial charge in [-0.2, -0.15) is 5.10 Å². The molecule has 1 heterocycles. The van der Waals surface area contributed by atoms with E-state index in [1.54, 1.807) is 13.4 Å². The highest BCUT2D eigenvalue weighted by atomic mass is 16.5. The summed E-state index contributed by atoms with van der Waals surface area (Å²) in [6.07, 6.45) is 4.79. The minimum absolute atomic E-state index is 0.757. The number of ether oxygens (including phenoxy) is 1. The molecule has 0 radical (unpaired) electrons. The monoisotopic (exact) mass is 238 g/mol. The fraction of sp³-hybridized carbons (Fsp3) is 0.667. The predicted molar refractivity (Wildman–Crippen MR) is 68.7 cm³/mol. The van der Waals surface area contributed by atoms with Crippen molar-refractivity contribution in [3.05, 3.63) is 18.2 Å². The van der Waals surface area contributed by atoms with Gasteiger partial charge in [0, 0.05) is 20.2 Å². The number of rotatable bonds is 8. The average Bonchev–Trinajstić information content (AvgIpc) is 2.81. The van der Waals surface area contributed by atoms with Gasteiger partial charge in [-0.1, -0.05) is 6.08 Å². The summed E-state index contributed by atoms with van der Waals surface area (Å²) in [4.78, 5) is 4.26. The van der Waals surface area contributed by atoms with E-state index in [4.69, 9.17) is 4.74 Å². The first-order valence-corrected chi connectivity index (χ1v) is 6.04. The van der Waals surface area contributed by atoms with Crippen LogP contribution in [0.15, 0.2) is 12.4 Å². The van der Waals surface area contributed by atoms with Crippen LogP contribution in [0.5, 0.6) is 0 Å². The molecule has 0 bridgehead atoms. The summed E-state index contributed by atoms with van der Waals surface area (Å²) in [6.45, 7) is 7.61. The van der Waals surface area contributed by atoms with Gasteiger partial charge in [0.1, 0.15) is 6.33 Å². The lowest BCUT2D eigenvalue weighted by molar-refractivity contribution is 0.199. The molecule has 0 spiro atoms. The Morgan fingerprint density at radius 3 is 3.06 bits per heavy atom. The Balaban J connectivity index is 2.34. The van der Waals surface area contributed by atoms with Gasteiger partial charge in [0.25, 0.3) is 0 Å². The van der Waals surface area contributed by atoms with Crippen LogP contribution >= 0.6 is 0 Å². The number of methoxy groups -OCH3 is 1. The highest BCUT2D eigenvalue weighted by Gasteiger charge is 2.03. The summed E-state index contributed by atoms with van der Waals surface area (Å²) in [7, 11) is 1.71. The van der Waals surface area contributed by atoms with Crippen molar-refractivity contribution >= 4 is 5.57 Å². The number of nitrogens with one attached hydrogen (secondary N) is 1. The lowest BCUT2D eigenvalue weighted by atomic mass is 10.2. The number of aromatic nitrogens is 3. The van der Waals surface area contributed by atoms with Gasteiger partial charge in [-0.25, -0.2) is 9.67 Å². The molecule has 0 amide bonds. The van der Waals surface area contributed by atoms with Crippen molar-refractivity contribution in [2.45, 2.75) is 26.8 Å². The fourth-order valence-corrected chi connectivity index (χ4v) is 1.58. The zero-order valence-electron chi connectivity index (χ0n) is 10.9. The highest BCUT2D eigenvalue weighted by Crippen LogP contribution is 2.10. The number of hydrogen-bond acceptors (Lipinski definition) is 4. The SMILES string of the molecule is CCn1ncnc1C(C)=CCCNCCOC. The molecule has 0 saturated heterocycles.